The Labute approximate surface area is 132 Å². The van der Waals surface area contributed by atoms with Crippen LogP contribution in [0.2, 0.25) is 0 Å². The van der Waals surface area contributed by atoms with Crippen molar-refractivity contribution in [3.63, 3.8) is 0 Å². The van der Waals surface area contributed by atoms with Crippen LogP contribution >= 0.6 is 15.9 Å². The van der Waals surface area contributed by atoms with Gasteiger partial charge in [0.1, 0.15) is 0 Å². The molecule has 1 saturated carbocycles. The van der Waals surface area contributed by atoms with E-state index in [1.54, 1.807) is 36.4 Å². The van der Waals surface area contributed by atoms with Gasteiger partial charge in [-0.05, 0) is 61.4 Å². The van der Waals surface area contributed by atoms with Crippen LogP contribution in [0.3, 0.4) is 0 Å². The minimum atomic E-state index is -3.54. The summed E-state index contributed by atoms with van der Waals surface area (Å²) in [5.41, 5.74) is 1.57. The second-order valence-corrected chi connectivity index (χ2v) is 7.65. The van der Waals surface area contributed by atoms with Crippen LogP contribution in [0.15, 0.2) is 57.9 Å². The van der Waals surface area contributed by atoms with Crippen LogP contribution in [0.1, 0.15) is 12.8 Å². The van der Waals surface area contributed by atoms with Crippen molar-refractivity contribution in [2.45, 2.75) is 23.8 Å². The van der Waals surface area contributed by atoms with Crippen molar-refractivity contribution in [2.24, 2.45) is 0 Å². The Morgan fingerprint density at radius 2 is 1.48 bits per heavy atom. The summed E-state index contributed by atoms with van der Waals surface area (Å²) in [5, 5.41) is 3.36. The average molecular weight is 367 g/mol. The van der Waals surface area contributed by atoms with Gasteiger partial charge in [-0.1, -0.05) is 15.9 Å². The van der Waals surface area contributed by atoms with Crippen LogP contribution < -0.4 is 10.0 Å². The average Bonchev–Trinajstić information content (AvgIpc) is 3.25. The molecule has 1 fully saturated rings. The van der Waals surface area contributed by atoms with Gasteiger partial charge < -0.3 is 5.32 Å². The van der Waals surface area contributed by atoms with Crippen molar-refractivity contribution in [1.82, 2.24) is 0 Å². The zero-order valence-electron chi connectivity index (χ0n) is 11.2. The number of hydrogen-bond acceptors (Lipinski definition) is 3. The maximum atomic E-state index is 12.2. The molecule has 0 aromatic heterocycles. The summed E-state index contributed by atoms with van der Waals surface area (Å²) in [7, 11) is -3.54. The van der Waals surface area contributed by atoms with Gasteiger partial charge in [0.05, 0.1) is 4.90 Å². The van der Waals surface area contributed by atoms with Gasteiger partial charge >= 0.3 is 0 Å². The Morgan fingerprint density at radius 3 is 2.05 bits per heavy atom. The molecule has 0 bridgehead atoms. The summed E-state index contributed by atoms with van der Waals surface area (Å²) in [4.78, 5) is 0.242. The third kappa shape index (κ3) is 3.77. The molecule has 0 heterocycles. The van der Waals surface area contributed by atoms with Gasteiger partial charge in [-0.3, -0.25) is 4.72 Å². The van der Waals surface area contributed by atoms with E-state index in [2.05, 4.69) is 26.0 Å². The van der Waals surface area contributed by atoms with E-state index in [1.807, 2.05) is 12.1 Å². The first-order valence-electron chi connectivity index (χ1n) is 6.68. The Balaban J connectivity index is 1.73. The highest BCUT2D eigenvalue weighted by Gasteiger charge is 2.20. The molecule has 1 aliphatic carbocycles. The van der Waals surface area contributed by atoms with E-state index >= 15 is 0 Å². The first-order valence-corrected chi connectivity index (χ1v) is 8.95. The Hall–Kier alpha value is -1.53. The van der Waals surface area contributed by atoms with Crippen LogP contribution in [-0.4, -0.2) is 14.5 Å². The molecule has 0 unspecified atom stereocenters. The van der Waals surface area contributed by atoms with Gasteiger partial charge in [0.15, 0.2) is 0 Å². The molecular formula is C15H15BrN2O2S. The molecule has 0 saturated heterocycles. The quantitative estimate of drug-likeness (QED) is 0.845. The van der Waals surface area contributed by atoms with Gasteiger partial charge in [0.2, 0.25) is 0 Å². The molecule has 0 aliphatic heterocycles. The predicted octanol–water partition coefficient (Wildman–Crippen LogP) is 3.82. The zero-order valence-corrected chi connectivity index (χ0v) is 13.6. The van der Waals surface area contributed by atoms with Crippen LogP contribution in [0.5, 0.6) is 0 Å². The van der Waals surface area contributed by atoms with Crippen LogP contribution in [-0.2, 0) is 10.0 Å². The number of rotatable bonds is 5. The van der Waals surface area contributed by atoms with Crippen LogP contribution in [0.4, 0.5) is 11.4 Å². The Kier molecular flexibility index (Phi) is 3.91. The van der Waals surface area contributed by atoms with E-state index in [1.165, 1.54) is 12.8 Å². The van der Waals surface area contributed by atoms with Gasteiger partial charge in [-0.25, -0.2) is 8.42 Å². The standard InChI is InChI=1S/C15H15BrN2O2S/c16-11-1-9-15(10-2-11)21(19,20)18-14-7-5-13(6-8-14)17-12-3-4-12/h1-2,5-10,12,17-18H,3-4H2. The summed E-state index contributed by atoms with van der Waals surface area (Å²) in [5.74, 6) is 0. The third-order valence-corrected chi connectivity index (χ3v) is 5.14. The fourth-order valence-electron chi connectivity index (χ4n) is 1.93. The molecule has 2 aromatic carbocycles. The largest absolute Gasteiger partial charge is 0.382 e. The smallest absolute Gasteiger partial charge is 0.261 e. The monoisotopic (exact) mass is 366 g/mol. The molecule has 0 amide bonds. The van der Waals surface area contributed by atoms with Crippen LogP contribution in [0.25, 0.3) is 0 Å². The van der Waals surface area contributed by atoms with Gasteiger partial charge in [0, 0.05) is 21.9 Å². The van der Waals surface area contributed by atoms with Crippen molar-refractivity contribution in [3.8, 4) is 0 Å². The van der Waals surface area contributed by atoms with Crippen molar-refractivity contribution >= 4 is 37.3 Å². The molecule has 0 radical (unpaired) electrons. The van der Waals surface area contributed by atoms with E-state index in [0.29, 0.717) is 11.7 Å². The van der Waals surface area contributed by atoms with E-state index in [-0.39, 0.29) is 4.90 Å². The summed E-state index contributed by atoms with van der Waals surface area (Å²) in [6.45, 7) is 0. The first-order chi connectivity index (χ1) is 10.0. The van der Waals surface area contributed by atoms with E-state index < -0.39 is 10.0 Å². The molecule has 0 spiro atoms. The molecule has 21 heavy (non-hydrogen) atoms. The van der Waals surface area contributed by atoms with Crippen molar-refractivity contribution in [3.05, 3.63) is 53.0 Å². The fourth-order valence-corrected chi connectivity index (χ4v) is 3.25. The van der Waals surface area contributed by atoms with Gasteiger partial charge in [-0.2, -0.15) is 0 Å². The second-order valence-electron chi connectivity index (χ2n) is 5.06. The molecule has 110 valence electrons. The van der Waals surface area contributed by atoms with Crippen molar-refractivity contribution in [2.75, 3.05) is 10.0 Å². The maximum absolute atomic E-state index is 12.2. The highest BCUT2D eigenvalue weighted by molar-refractivity contribution is 9.10. The third-order valence-electron chi connectivity index (χ3n) is 3.21. The lowest BCUT2D eigenvalue weighted by atomic mass is 10.3. The molecule has 6 heteroatoms. The number of sulfonamides is 1. The SMILES string of the molecule is O=S(=O)(Nc1ccc(NC2CC2)cc1)c1ccc(Br)cc1. The number of benzene rings is 2. The van der Waals surface area contributed by atoms with Gasteiger partial charge in [-0.15, -0.1) is 0 Å². The minimum absolute atomic E-state index is 0.242. The molecule has 0 atom stereocenters. The fraction of sp³-hybridized carbons (Fsp3) is 0.200. The second kappa shape index (κ2) is 5.69. The number of anilines is 2. The molecule has 4 nitrogen and oxygen atoms in total. The van der Waals surface area contributed by atoms with E-state index in [0.717, 1.165) is 10.2 Å². The summed E-state index contributed by atoms with van der Waals surface area (Å²) >= 11 is 3.29. The minimum Gasteiger partial charge on any atom is -0.382 e. The highest BCUT2D eigenvalue weighted by Crippen LogP contribution is 2.26. The van der Waals surface area contributed by atoms with Crippen molar-refractivity contribution < 1.29 is 8.42 Å². The molecular weight excluding hydrogens is 352 g/mol. The zero-order chi connectivity index (χ0) is 14.9. The highest BCUT2D eigenvalue weighted by atomic mass is 79.9. The first kappa shape index (κ1) is 14.4. The predicted molar refractivity (Wildman–Crippen MR) is 88.0 cm³/mol. The molecule has 1 aliphatic rings. The van der Waals surface area contributed by atoms with Gasteiger partial charge in [0.25, 0.3) is 10.0 Å². The Bertz CT molecular complexity index is 723. The molecule has 2 aromatic rings. The number of nitrogens with one attached hydrogen (secondary N) is 2. The molecule has 2 N–H and O–H groups in total. The summed E-state index contributed by atoms with van der Waals surface area (Å²) < 4.78 is 27.9. The topological polar surface area (TPSA) is 58.2 Å². The lowest BCUT2D eigenvalue weighted by Crippen LogP contribution is -2.12. The van der Waals surface area contributed by atoms with E-state index in [4.69, 9.17) is 0 Å². The lowest BCUT2D eigenvalue weighted by molar-refractivity contribution is 0.601. The number of halogens is 1. The number of hydrogen-bond donors (Lipinski definition) is 2. The van der Waals surface area contributed by atoms with Crippen LogP contribution in [0, 0.1) is 0 Å². The summed E-state index contributed by atoms with van der Waals surface area (Å²) in [6, 6.07) is 14.4. The normalized spacial score (nSPS) is 14.7. The maximum Gasteiger partial charge on any atom is 0.261 e. The molecule has 3 rings (SSSR count). The Morgan fingerprint density at radius 1 is 0.905 bits per heavy atom. The lowest BCUT2D eigenvalue weighted by Gasteiger charge is -2.09. The van der Waals surface area contributed by atoms with E-state index in [9.17, 15) is 8.42 Å². The van der Waals surface area contributed by atoms with Crippen molar-refractivity contribution in [1.29, 1.82) is 0 Å². The summed E-state index contributed by atoms with van der Waals surface area (Å²) in [6.07, 6.45) is 2.41.